The van der Waals surface area contributed by atoms with Crippen molar-refractivity contribution < 1.29 is 4.74 Å². The summed E-state index contributed by atoms with van der Waals surface area (Å²) in [6.45, 7) is 4.00. The van der Waals surface area contributed by atoms with Crippen LogP contribution in [0.1, 0.15) is 31.2 Å². The zero-order valence-electron chi connectivity index (χ0n) is 16.4. The number of hydrogen-bond acceptors (Lipinski definition) is 4. The van der Waals surface area contributed by atoms with Crippen molar-refractivity contribution in [3.05, 3.63) is 80.8 Å². The number of halogens is 1. The Kier molecular flexibility index (Phi) is 5.20. The molecule has 1 aromatic heterocycles. The molecule has 0 spiro atoms. The summed E-state index contributed by atoms with van der Waals surface area (Å²) in [6.07, 6.45) is 1.71. The summed E-state index contributed by atoms with van der Waals surface area (Å²) in [5.74, 6) is 1.47. The van der Waals surface area contributed by atoms with Gasteiger partial charge in [0.2, 0.25) is 0 Å². The fraction of sp³-hybridized carbons (Fsp3) is 0.174. The standard InChI is InChI=1S/C23H20BrN3O2/c1-14(2)22-26-20-10-9-16(24)12-19(20)23(28)27(22)25-13-15-8-11-21(29-3)18-7-5-4-6-17(15)18/h4-14H,1-3H3. The van der Waals surface area contributed by atoms with Crippen LogP contribution in [0.15, 0.2) is 69.0 Å². The quantitative estimate of drug-likeness (QED) is 0.395. The largest absolute Gasteiger partial charge is 0.496 e. The lowest BCUT2D eigenvalue weighted by molar-refractivity contribution is 0.420. The number of fused-ring (bicyclic) bond motifs is 2. The van der Waals surface area contributed by atoms with Crippen molar-refractivity contribution in [2.24, 2.45) is 5.10 Å². The van der Waals surface area contributed by atoms with Gasteiger partial charge in [-0.25, -0.2) is 4.98 Å². The van der Waals surface area contributed by atoms with Crippen LogP contribution in [0.25, 0.3) is 21.7 Å². The lowest BCUT2D eigenvalue weighted by atomic mass is 10.0. The average Bonchev–Trinajstić information content (AvgIpc) is 2.73. The van der Waals surface area contributed by atoms with Gasteiger partial charge in [-0.05, 0) is 35.7 Å². The molecule has 4 rings (SSSR count). The van der Waals surface area contributed by atoms with E-state index in [1.54, 1.807) is 19.4 Å². The molecule has 3 aromatic carbocycles. The van der Waals surface area contributed by atoms with E-state index in [0.717, 1.165) is 26.6 Å². The van der Waals surface area contributed by atoms with Crippen molar-refractivity contribution in [1.29, 1.82) is 0 Å². The van der Waals surface area contributed by atoms with Crippen molar-refractivity contribution in [2.75, 3.05) is 7.11 Å². The van der Waals surface area contributed by atoms with Gasteiger partial charge < -0.3 is 4.74 Å². The Labute approximate surface area is 176 Å². The molecular formula is C23H20BrN3O2. The highest BCUT2D eigenvalue weighted by molar-refractivity contribution is 9.10. The highest BCUT2D eigenvalue weighted by Gasteiger charge is 2.14. The van der Waals surface area contributed by atoms with Crippen LogP contribution in [0.4, 0.5) is 0 Å². The molecule has 0 saturated carbocycles. The van der Waals surface area contributed by atoms with Crippen LogP contribution >= 0.6 is 15.9 Å². The second-order valence-corrected chi connectivity index (χ2v) is 7.97. The third-order valence-electron chi connectivity index (χ3n) is 4.80. The van der Waals surface area contributed by atoms with Crippen molar-refractivity contribution in [3.8, 4) is 5.75 Å². The first kappa shape index (κ1) is 19.3. The molecule has 0 atom stereocenters. The summed E-state index contributed by atoms with van der Waals surface area (Å²) in [5.41, 5.74) is 1.38. The summed E-state index contributed by atoms with van der Waals surface area (Å²) >= 11 is 3.43. The molecule has 0 saturated heterocycles. The molecule has 1 heterocycles. The number of hydrogen-bond donors (Lipinski definition) is 0. The van der Waals surface area contributed by atoms with Crippen LogP contribution in [0.3, 0.4) is 0 Å². The van der Waals surface area contributed by atoms with Crippen molar-refractivity contribution >= 4 is 43.8 Å². The van der Waals surface area contributed by atoms with Gasteiger partial charge in [-0.2, -0.15) is 9.78 Å². The Morgan fingerprint density at radius 2 is 1.83 bits per heavy atom. The minimum absolute atomic E-state index is 0.0421. The van der Waals surface area contributed by atoms with Gasteiger partial charge >= 0.3 is 0 Å². The zero-order valence-corrected chi connectivity index (χ0v) is 18.0. The van der Waals surface area contributed by atoms with Crippen LogP contribution in [-0.2, 0) is 0 Å². The maximum Gasteiger partial charge on any atom is 0.282 e. The normalized spacial score (nSPS) is 11.8. The predicted molar refractivity (Wildman–Crippen MR) is 121 cm³/mol. The van der Waals surface area contributed by atoms with E-state index in [1.807, 2.05) is 62.4 Å². The van der Waals surface area contributed by atoms with Gasteiger partial charge in [0, 0.05) is 21.3 Å². The summed E-state index contributed by atoms with van der Waals surface area (Å²) in [6, 6.07) is 17.3. The van der Waals surface area contributed by atoms with Gasteiger partial charge in [0.25, 0.3) is 5.56 Å². The van der Waals surface area contributed by atoms with Crippen LogP contribution in [-0.4, -0.2) is 23.0 Å². The first-order valence-corrected chi connectivity index (χ1v) is 10.1. The second kappa shape index (κ2) is 7.79. The van der Waals surface area contributed by atoms with Crippen LogP contribution in [0, 0.1) is 0 Å². The van der Waals surface area contributed by atoms with Crippen LogP contribution in [0.5, 0.6) is 5.75 Å². The topological polar surface area (TPSA) is 56.5 Å². The zero-order chi connectivity index (χ0) is 20.5. The van der Waals surface area contributed by atoms with E-state index in [9.17, 15) is 4.79 Å². The minimum atomic E-state index is -0.186. The van der Waals surface area contributed by atoms with Gasteiger partial charge in [-0.3, -0.25) is 4.79 Å². The smallest absolute Gasteiger partial charge is 0.282 e. The van der Waals surface area contributed by atoms with Crippen molar-refractivity contribution in [2.45, 2.75) is 19.8 Å². The third kappa shape index (κ3) is 3.56. The minimum Gasteiger partial charge on any atom is -0.496 e. The van der Waals surface area contributed by atoms with Gasteiger partial charge in [0.1, 0.15) is 11.6 Å². The average molecular weight is 450 g/mol. The Hall–Kier alpha value is -2.99. The molecule has 0 amide bonds. The highest BCUT2D eigenvalue weighted by Crippen LogP contribution is 2.27. The van der Waals surface area contributed by atoms with Crippen LogP contribution < -0.4 is 10.3 Å². The highest BCUT2D eigenvalue weighted by atomic mass is 79.9. The Balaban J connectivity index is 1.91. The van der Waals surface area contributed by atoms with Gasteiger partial charge in [-0.15, -0.1) is 0 Å². The van der Waals surface area contributed by atoms with Crippen molar-refractivity contribution in [3.63, 3.8) is 0 Å². The molecule has 0 N–H and O–H groups in total. The lowest BCUT2D eigenvalue weighted by Crippen LogP contribution is -2.23. The van der Waals surface area contributed by atoms with Gasteiger partial charge in [0.15, 0.2) is 0 Å². The first-order chi connectivity index (χ1) is 14.0. The molecule has 146 valence electrons. The van der Waals surface area contributed by atoms with E-state index < -0.39 is 0 Å². The number of benzene rings is 3. The maximum absolute atomic E-state index is 13.2. The molecule has 0 bridgehead atoms. The summed E-state index contributed by atoms with van der Waals surface area (Å²) in [4.78, 5) is 17.8. The molecule has 0 unspecified atom stereocenters. The Morgan fingerprint density at radius 1 is 1.07 bits per heavy atom. The molecule has 29 heavy (non-hydrogen) atoms. The number of rotatable bonds is 4. The Bertz CT molecular complexity index is 1310. The fourth-order valence-corrected chi connectivity index (χ4v) is 3.72. The predicted octanol–water partition coefficient (Wildman–Crippen LogP) is 5.33. The van der Waals surface area contributed by atoms with Crippen LogP contribution in [0.2, 0.25) is 0 Å². The molecule has 6 heteroatoms. The van der Waals surface area contributed by atoms with E-state index in [4.69, 9.17) is 4.74 Å². The molecule has 0 aliphatic heterocycles. The lowest BCUT2D eigenvalue weighted by Gasteiger charge is -2.12. The number of ether oxygens (including phenoxy) is 1. The summed E-state index contributed by atoms with van der Waals surface area (Å²) < 4.78 is 7.69. The monoisotopic (exact) mass is 449 g/mol. The molecule has 4 aromatic rings. The number of methoxy groups -OCH3 is 1. The summed E-state index contributed by atoms with van der Waals surface area (Å²) in [7, 11) is 1.66. The van der Waals surface area contributed by atoms with Gasteiger partial charge in [0.05, 0.1) is 24.2 Å². The first-order valence-electron chi connectivity index (χ1n) is 9.32. The fourth-order valence-electron chi connectivity index (χ4n) is 3.36. The number of aromatic nitrogens is 2. The SMILES string of the molecule is COc1ccc(C=Nn2c(C(C)C)nc3ccc(Br)cc3c2=O)c2ccccc12. The summed E-state index contributed by atoms with van der Waals surface area (Å²) in [5, 5.41) is 7.07. The van der Waals surface area contributed by atoms with E-state index >= 15 is 0 Å². The van der Waals surface area contributed by atoms with Gasteiger partial charge in [-0.1, -0.05) is 54.0 Å². The molecule has 0 aliphatic rings. The molecular weight excluding hydrogens is 430 g/mol. The third-order valence-corrected chi connectivity index (χ3v) is 5.29. The van der Waals surface area contributed by atoms with E-state index in [0.29, 0.717) is 16.7 Å². The second-order valence-electron chi connectivity index (χ2n) is 7.05. The molecule has 0 aliphatic carbocycles. The van der Waals surface area contributed by atoms with Crippen molar-refractivity contribution in [1.82, 2.24) is 9.66 Å². The molecule has 5 nitrogen and oxygen atoms in total. The maximum atomic E-state index is 13.2. The Morgan fingerprint density at radius 3 is 2.55 bits per heavy atom. The van der Waals surface area contributed by atoms with E-state index in [-0.39, 0.29) is 11.5 Å². The van der Waals surface area contributed by atoms with E-state index in [2.05, 4.69) is 26.0 Å². The molecule has 0 radical (unpaired) electrons. The van der Waals surface area contributed by atoms with E-state index in [1.165, 1.54) is 4.68 Å². The number of nitrogens with zero attached hydrogens (tertiary/aromatic N) is 3. The molecule has 0 fully saturated rings.